The molecule has 1 aromatic rings. The van der Waals surface area contributed by atoms with Gasteiger partial charge in [0.2, 0.25) is 0 Å². The van der Waals surface area contributed by atoms with E-state index in [4.69, 9.17) is 5.11 Å². The molecule has 0 spiro atoms. The molecule has 0 saturated carbocycles. The third-order valence-electron chi connectivity index (χ3n) is 3.76. The molecule has 4 heteroatoms. The first-order valence-electron chi connectivity index (χ1n) is 6.84. The first-order valence-corrected chi connectivity index (χ1v) is 6.84. The van der Waals surface area contributed by atoms with Gasteiger partial charge in [-0.05, 0) is 37.4 Å². The van der Waals surface area contributed by atoms with Gasteiger partial charge in [0.25, 0.3) is 0 Å². The van der Waals surface area contributed by atoms with Crippen LogP contribution in [0.4, 0.5) is 4.39 Å². The van der Waals surface area contributed by atoms with E-state index in [9.17, 15) is 9.18 Å². The molecular formula is C15H20FNO2. The van der Waals surface area contributed by atoms with Gasteiger partial charge in [0, 0.05) is 18.7 Å². The third kappa shape index (κ3) is 3.53. The molecule has 0 bridgehead atoms. The van der Waals surface area contributed by atoms with E-state index in [0.29, 0.717) is 12.1 Å². The van der Waals surface area contributed by atoms with Gasteiger partial charge in [0.15, 0.2) is 0 Å². The van der Waals surface area contributed by atoms with Crippen LogP contribution in [-0.2, 0) is 6.54 Å². The van der Waals surface area contributed by atoms with Crippen LogP contribution in [0.25, 0.3) is 0 Å². The van der Waals surface area contributed by atoms with Gasteiger partial charge < -0.3 is 5.11 Å². The lowest BCUT2D eigenvalue weighted by Crippen LogP contribution is -2.21. The Morgan fingerprint density at radius 1 is 1.53 bits per heavy atom. The van der Waals surface area contributed by atoms with Crippen molar-refractivity contribution < 1.29 is 14.3 Å². The molecule has 104 valence electrons. The van der Waals surface area contributed by atoms with Crippen LogP contribution in [0.2, 0.25) is 0 Å². The second-order valence-corrected chi connectivity index (χ2v) is 5.29. The Bertz CT molecular complexity index is 461. The number of benzene rings is 1. The summed E-state index contributed by atoms with van der Waals surface area (Å²) in [5, 5.41) is 8.80. The van der Waals surface area contributed by atoms with E-state index < -0.39 is 11.8 Å². The highest BCUT2D eigenvalue weighted by Crippen LogP contribution is 2.23. The highest BCUT2D eigenvalue weighted by atomic mass is 19.1. The minimum atomic E-state index is -1.09. The van der Waals surface area contributed by atoms with Crippen LogP contribution in [0.15, 0.2) is 18.2 Å². The summed E-state index contributed by atoms with van der Waals surface area (Å²) in [6, 6.07) is 4.17. The number of aromatic carboxylic acids is 1. The maximum absolute atomic E-state index is 13.8. The van der Waals surface area contributed by atoms with Gasteiger partial charge in [-0.3, -0.25) is 4.90 Å². The zero-order chi connectivity index (χ0) is 13.8. The van der Waals surface area contributed by atoms with Crippen molar-refractivity contribution in [3.63, 3.8) is 0 Å². The van der Waals surface area contributed by atoms with Crippen molar-refractivity contribution in [2.45, 2.75) is 32.7 Å². The number of hydrogen-bond acceptors (Lipinski definition) is 2. The van der Waals surface area contributed by atoms with Crippen LogP contribution in [-0.4, -0.2) is 29.1 Å². The SMILES string of the molecule is CCCC1CCN(Cc2ccc(C(=O)O)cc2F)C1. The predicted molar refractivity (Wildman–Crippen MR) is 71.7 cm³/mol. The fourth-order valence-corrected chi connectivity index (χ4v) is 2.75. The van der Waals surface area contributed by atoms with Gasteiger partial charge in [-0.25, -0.2) is 9.18 Å². The van der Waals surface area contributed by atoms with Crippen molar-refractivity contribution in [3.05, 3.63) is 35.1 Å². The Kier molecular flexibility index (Phi) is 4.53. The molecule has 1 aromatic carbocycles. The Morgan fingerprint density at radius 3 is 2.95 bits per heavy atom. The van der Waals surface area contributed by atoms with E-state index in [1.807, 2.05) is 0 Å². The van der Waals surface area contributed by atoms with Crippen LogP contribution < -0.4 is 0 Å². The summed E-state index contributed by atoms with van der Waals surface area (Å²) in [5.41, 5.74) is 0.591. The number of carboxylic acids is 1. The van der Waals surface area contributed by atoms with E-state index in [2.05, 4.69) is 11.8 Å². The number of hydrogen-bond donors (Lipinski definition) is 1. The van der Waals surface area contributed by atoms with Crippen LogP contribution >= 0.6 is 0 Å². The third-order valence-corrected chi connectivity index (χ3v) is 3.76. The fraction of sp³-hybridized carbons (Fsp3) is 0.533. The lowest BCUT2D eigenvalue weighted by Gasteiger charge is -2.16. The van der Waals surface area contributed by atoms with Crippen molar-refractivity contribution in [2.75, 3.05) is 13.1 Å². The number of carbonyl (C=O) groups is 1. The zero-order valence-electron chi connectivity index (χ0n) is 11.2. The molecule has 1 aliphatic heterocycles. The summed E-state index contributed by atoms with van der Waals surface area (Å²) in [4.78, 5) is 13.0. The Balaban J connectivity index is 1.98. The molecule has 0 amide bonds. The normalized spacial score (nSPS) is 19.8. The molecule has 1 unspecified atom stereocenters. The Labute approximate surface area is 113 Å². The molecule has 1 aliphatic rings. The second kappa shape index (κ2) is 6.15. The summed E-state index contributed by atoms with van der Waals surface area (Å²) in [6.45, 7) is 4.79. The van der Waals surface area contributed by atoms with Gasteiger partial charge in [-0.1, -0.05) is 19.4 Å². The summed E-state index contributed by atoms with van der Waals surface area (Å²) in [7, 11) is 0. The Morgan fingerprint density at radius 2 is 2.32 bits per heavy atom. The molecule has 1 N–H and O–H groups in total. The minimum absolute atomic E-state index is 0.00605. The van der Waals surface area contributed by atoms with Crippen molar-refractivity contribution in [3.8, 4) is 0 Å². The standard InChI is InChI=1S/C15H20FNO2/c1-2-3-11-6-7-17(9-11)10-13-5-4-12(15(18)19)8-14(13)16/h4-5,8,11H,2-3,6-7,9-10H2,1H3,(H,18,19). The molecule has 1 fully saturated rings. The summed E-state index contributed by atoms with van der Waals surface area (Å²) < 4.78 is 13.8. The van der Waals surface area contributed by atoms with E-state index in [0.717, 1.165) is 25.1 Å². The largest absolute Gasteiger partial charge is 0.478 e. The van der Waals surface area contributed by atoms with Crippen molar-refractivity contribution in [2.24, 2.45) is 5.92 Å². The van der Waals surface area contributed by atoms with Crippen molar-refractivity contribution in [1.82, 2.24) is 4.90 Å². The highest BCUT2D eigenvalue weighted by Gasteiger charge is 2.22. The molecule has 2 rings (SSSR count). The molecule has 19 heavy (non-hydrogen) atoms. The quantitative estimate of drug-likeness (QED) is 0.889. The molecule has 1 atom stereocenters. The number of halogens is 1. The zero-order valence-corrected chi connectivity index (χ0v) is 11.2. The molecule has 0 aromatic heterocycles. The average molecular weight is 265 g/mol. The van der Waals surface area contributed by atoms with Crippen LogP contribution in [0, 0.1) is 11.7 Å². The lowest BCUT2D eigenvalue weighted by molar-refractivity contribution is 0.0696. The van der Waals surface area contributed by atoms with Gasteiger partial charge in [-0.15, -0.1) is 0 Å². The average Bonchev–Trinajstić information content (AvgIpc) is 2.79. The van der Waals surface area contributed by atoms with Crippen LogP contribution in [0.1, 0.15) is 42.1 Å². The number of nitrogens with zero attached hydrogens (tertiary/aromatic N) is 1. The molecular weight excluding hydrogens is 245 g/mol. The maximum Gasteiger partial charge on any atom is 0.335 e. The van der Waals surface area contributed by atoms with E-state index in [1.165, 1.54) is 25.3 Å². The van der Waals surface area contributed by atoms with Crippen LogP contribution in [0.5, 0.6) is 0 Å². The summed E-state index contributed by atoms with van der Waals surface area (Å²) in [6.07, 6.45) is 3.61. The lowest BCUT2D eigenvalue weighted by atomic mass is 10.0. The van der Waals surface area contributed by atoms with Gasteiger partial charge in [-0.2, -0.15) is 0 Å². The number of carboxylic acid groups (broad SMARTS) is 1. The molecule has 0 radical (unpaired) electrons. The fourth-order valence-electron chi connectivity index (χ4n) is 2.75. The molecule has 0 aliphatic carbocycles. The highest BCUT2D eigenvalue weighted by molar-refractivity contribution is 5.87. The number of likely N-dealkylation sites (tertiary alicyclic amines) is 1. The van der Waals surface area contributed by atoms with E-state index >= 15 is 0 Å². The van der Waals surface area contributed by atoms with Gasteiger partial charge in [0.1, 0.15) is 5.82 Å². The number of rotatable bonds is 5. The topological polar surface area (TPSA) is 40.5 Å². The molecule has 1 saturated heterocycles. The van der Waals surface area contributed by atoms with Crippen LogP contribution in [0.3, 0.4) is 0 Å². The summed E-state index contributed by atoms with van der Waals surface area (Å²) >= 11 is 0. The van der Waals surface area contributed by atoms with Gasteiger partial charge in [0.05, 0.1) is 5.56 Å². The monoisotopic (exact) mass is 265 g/mol. The Hall–Kier alpha value is -1.42. The maximum atomic E-state index is 13.8. The predicted octanol–water partition coefficient (Wildman–Crippen LogP) is 3.15. The van der Waals surface area contributed by atoms with Gasteiger partial charge >= 0.3 is 5.97 Å². The minimum Gasteiger partial charge on any atom is -0.478 e. The van der Waals surface area contributed by atoms with Crippen molar-refractivity contribution in [1.29, 1.82) is 0 Å². The first-order chi connectivity index (χ1) is 9.10. The molecule has 3 nitrogen and oxygen atoms in total. The smallest absolute Gasteiger partial charge is 0.335 e. The van der Waals surface area contributed by atoms with Crippen molar-refractivity contribution >= 4 is 5.97 Å². The van der Waals surface area contributed by atoms with E-state index in [1.54, 1.807) is 6.07 Å². The second-order valence-electron chi connectivity index (χ2n) is 5.29. The summed E-state index contributed by atoms with van der Waals surface area (Å²) in [5.74, 6) is -0.778. The molecule has 1 heterocycles. The first kappa shape index (κ1) is 14.0. The van der Waals surface area contributed by atoms with E-state index in [-0.39, 0.29) is 5.56 Å².